The van der Waals surface area contributed by atoms with Gasteiger partial charge in [0.05, 0.1) is 54.8 Å². The maximum absolute atomic E-state index is 14.1. The zero-order valence-corrected chi connectivity index (χ0v) is 27.1. The molecule has 6 rings (SSSR count). The average molecular weight is 650 g/mol. The number of thiophene rings is 1. The van der Waals surface area contributed by atoms with Crippen LogP contribution >= 0.6 is 11.3 Å². The summed E-state index contributed by atoms with van der Waals surface area (Å²) >= 11 is 1.46. The van der Waals surface area contributed by atoms with Gasteiger partial charge in [-0.3, -0.25) is 4.79 Å². The monoisotopic (exact) mass is 650 g/mol. The molecule has 13 nitrogen and oxygen atoms in total. The quantitative estimate of drug-likeness (QED) is 0.264. The summed E-state index contributed by atoms with van der Waals surface area (Å²) in [6.07, 6.45) is 1.94. The first-order valence-corrected chi connectivity index (χ1v) is 15.6. The van der Waals surface area contributed by atoms with Crippen LogP contribution in [0, 0.1) is 0 Å². The Kier molecular flexibility index (Phi) is 8.37. The third-order valence-electron chi connectivity index (χ3n) is 7.49. The topological polar surface area (TPSA) is 130 Å². The second-order valence-electron chi connectivity index (χ2n) is 12.0. The summed E-state index contributed by atoms with van der Waals surface area (Å²) in [5.74, 6) is 0.317. The van der Waals surface area contributed by atoms with Crippen molar-refractivity contribution in [1.29, 1.82) is 0 Å². The lowest BCUT2D eigenvalue weighted by Crippen LogP contribution is -2.56. The van der Waals surface area contributed by atoms with Crippen molar-refractivity contribution in [2.75, 3.05) is 33.4 Å². The molecule has 3 aromatic heterocycles. The zero-order valence-electron chi connectivity index (χ0n) is 26.3. The Morgan fingerprint density at radius 2 is 1.94 bits per heavy atom. The number of benzene rings is 1. The Hall–Kier alpha value is -4.66. The molecule has 0 N–H and O–H groups in total. The van der Waals surface area contributed by atoms with Crippen LogP contribution in [-0.4, -0.2) is 115 Å². The van der Waals surface area contributed by atoms with Crippen molar-refractivity contribution in [3.63, 3.8) is 0 Å². The number of rotatable bonds is 8. The summed E-state index contributed by atoms with van der Waals surface area (Å²) in [5.41, 5.74) is 2.89. The van der Waals surface area contributed by atoms with Crippen LogP contribution in [0.3, 0.4) is 0 Å². The van der Waals surface area contributed by atoms with Gasteiger partial charge in [0.1, 0.15) is 30.3 Å². The second kappa shape index (κ2) is 12.2. The van der Waals surface area contributed by atoms with Crippen molar-refractivity contribution in [3.05, 3.63) is 52.6 Å². The molecule has 0 atom stereocenters. The van der Waals surface area contributed by atoms with E-state index in [1.54, 1.807) is 37.7 Å². The van der Waals surface area contributed by atoms with Gasteiger partial charge in [-0.25, -0.2) is 14.3 Å². The van der Waals surface area contributed by atoms with Crippen molar-refractivity contribution in [1.82, 2.24) is 29.4 Å². The third kappa shape index (κ3) is 6.36. The van der Waals surface area contributed by atoms with Gasteiger partial charge < -0.3 is 28.7 Å². The summed E-state index contributed by atoms with van der Waals surface area (Å²) in [7, 11) is 19.7. The summed E-state index contributed by atoms with van der Waals surface area (Å²) in [4.78, 5) is 41.4. The number of ether oxygens (including phenoxy) is 4. The first-order valence-electron chi connectivity index (χ1n) is 14.6. The van der Waals surface area contributed by atoms with Gasteiger partial charge in [0.2, 0.25) is 0 Å². The molecule has 0 spiro atoms. The van der Waals surface area contributed by atoms with E-state index >= 15 is 0 Å². The first-order chi connectivity index (χ1) is 22.2. The third-order valence-corrected chi connectivity index (χ3v) is 8.16. The van der Waals surface area contributed by atoms with Gasteiger partial charge in [0.15, 0.2) is 5.69 Å². The van der Waals surface area contributed by atoms with Crippen molar-refractivity contribution in [2.24, 2.45) is 0 Å². The molecule has 2 aliphatic rings. The van der Waals surface area contributed by atoms with Gasteiger partial charge in [-0.15, -0.1) is 0 Å². The number of carbonyl (C=O) groups excluding carboxylic acids is 3. The Balaban J connectivity index is 1.43. The second-order valence-corrected chi connectivity index (χ2v) is 12.8. The van der Waals surface area contributed by atoms with E-state index in [9.17, 15) is 14.4 Å². The van der Waals surface area contributed by atoms with Gasteiger partial charge in [0.25, 0.3) is 5.91 Å². The molecule has 2 aliphatic heterocycles. The molecule has 0 saturated carbocycles. The minimum absolute atomic E-state index is 0.00831. The lowest BCUT2D eigenvalue weighted by molar-refractivity contribution is 0.0514. The molecule has 2 amide bonds. The molecule has 1 saturated heterocycles. The lowest BCUT2D eigenvalue weighted by Gasteiger charge is -2.38. The van der Waals surface area contributed by atoms with Crippen LogP contribution in [-0.2, 0) is 16.1 Å². The van der Waals surface area contributed by atoms with Crippen LogP contribution < -0.4 is 9.47 Å². The molecule has 6 radical (unpaired) electrons. The van der Waals surface area contributed by atoms with E-state index in [1.807, 2.05) is 22.9 Å². The van der Waals surface area contributed by atoms with Crippen molar-refractivity contribution >= 4 is 53.0 Å². The van der Waals surface area contributed by atoms with Crippen LogP contribution in [0.1, 0.15) is 36.8 Å². The summed E-state index contributed by atoms with van der Waals surface area (Å²) in [6, 6.07) is 5.43. The normalized spacial score (nSPS) is 14.2. The van der Waals surface area contributed by atoms with E-state index in [1.165, 1.54) is 29.5 Å². The highest BCUT2D eigenvalue weighted by molar-refractivity contribution is 7.08. The van der Waals surface area contributed by atoms with Gasteiger partial charge in [-0.05, 0) is 38.3 Å². The van der Waals surface area contributed by atoms with E-state index < -0.39 is 28.9 Å². The van der Waals surface area contributed by atoms with Crippen molar-refractivity contribution < 1.29 is 33.3 Å². The Morgan fingerprint density at radius 3 is 2.57 bits per heavy atom. The van der Waals surface area contributed by atoms with E-state index in [0.29, 0.717) is 51.7 Å². The Bertz CT molecular complexity index is 1840. The molecule has 47 heavy (non-hydrogen) atoms. The summed E-state index contributed by atoms with van der Waals surface area (Å²) in [6.45, 7) is 5.94. The molecule has 236 valence electrons. The largest absolute Gasteiger partial charge is 0.496 e. The van der Waals surface area contributed by atoms with E-state index in [0.717, 1.165) is 9.58 Å². The predicted octanol–water partition coefficient (Wildman–Crippen LogP) is 3.16. The van der Waals surface area contributed by atoms with Gasteiger partial charge in [-0.1, -0.05) is 5.24 Å². The maximum atomic E-state index is 14.1. The highest BCUT2D eigenvalue weighted by Gasteiger charge is 2.36. The molecule has 1 aromatic carbocycles. The molecule has 0 bridgehead atoms. The average Bonchev–Trinajstić information content (AvgIpc) is 3.82. The van der Waals surface area contributed by atoms with Crippen LogP contribution in [0.15, 0.2) is 41.4 Å². The van der Waals surface area contributed by atoms with Gasteiger partial charge in [-0.2, -0.15) is 26.2 Å². The number of aromatic nitrogens is 4. The number of methoxy groups -OCH3 is 1. The van der Waals surface area contributed by atoms with Crippen LogP contribution in [0.4, 0.5) is 9.59 Å². The van der Waals surface area contributed by atoms with E-state index in [-0.39, 0.29) is 32.0 Å². The molecule has 17 heteroatoms. The highest BCUT2D eigenvalue weighted by atomic mass is 32.1. The maximum Gasteiger partial charge on any atom is 0.435 e. The number of hydrogen-bond donors (Lipinski definition) is 0. The molecule has 0 aliphatic carbocycles. The molecule has 0 unspecified atom stereocenters. The lowest BCUT2D eigenvalue weighted by atomic mass is 9.48. The standard InChI is InChI=1S/C30H29B3N6O7S/c1-29(2,3)46-28(42)38-14-17(13-34-38)19-11-20-23(12-22(19)43-4)45-15-21-24(35-39(25(20)21)18-5-10-47-16-18)26(40)37(30(31,32)33)7-6-36-8-9-44-27(36)41/h5,10-14,16H,6-9,15H2,1-4H3. The van der Waals surface area contributed by atoms with Crippen molar-refractivity contribution in [2.45, 2.75) is 38.2 Å². The number of carbonyl (C=O) groups is 3. The SMILES string of the molecule is [B]C([B])([B])N(CCN1CCOC1=O)C(=O)c1nn(-c2ccsc2)c2c1COc1cc(OC)c(-c3cnn(C(=O)OC(C)(C)C)c3)cc1-2. The predicted molar refractivity (Wildman–Crippen MR) is 175 cm³/mol. The number of hydrogen-bond acceptors (Lipinski definition) is 10. The fraction of sp³-hybridized carbons (Fsp3) is 0.367. The Morgan fingerprint density at radius 1 is 1.15 bits per heavy atom. The molecule has 4 aromatic rings. The van der Waals surface area contributed by atoms with Gasteiger partial charge in [0, 0.05) is 53.0 Å². The molecule has 5 heterocycles. The van der Waals surface area contributed by atoms with E-state index in [4.69, 9.17) is 47.6 Å². The summed E-state index contributed by atoms with van der Waals surface area (Å²) < 4.78 is 25.1. The van der Waals surface area contributed by atoms with Crippen LogP contribution in [0.2, 0.25) is 0 Å². The Labute approximate surface area is 278 Å². The van der Waals surface area contributed by atoms with Gasteiger partial charge >= 0.3 is 12.2 Å². The smallest absolute Gasteiger partial charge is 0.435 e. The number of nitrogens with zero attached hydrogens (tertiary/aromatic N) is 6. The minimum atomic E-state index is -2.07. The number of amides is 2. The number of fused-ring (bicyclic) bond motifs is 3. The fourth-order valence-electron chi connectivity index (χ4n) is 5.33. The molecule has 1 fully saturated rings. The summed E-state index contributed by atoms with van der Waals surface area (Å²) in [5, 5.41) is 10.7. The highest BCUT2D eigenvalue weighted by Crippen LogP contribution is 2.46. The molecular formula is C30H29B3N6O7S. The fourth-order valence-corrected chi connectivity index (χ4v) is 5.94. The number of cyclic esters (lactones) is 1. The van der Waals surface area contributed by atoms with Crippen molar-refractivity contribution in [3.8, 4) is 39.6 Å². The minimum Gasteiger partial charge on any atom is -0.496 e. The van der Waals surface area contributed by atoms with Crippen LogP contribution in [0.25, 0.3) is 28.1 Å². The zero-order chi connectivity index (χ0) is 33.7. The van der Waals surface area contributed by atoms with Crippen LogP contribution in [0.5, 0.6) is 11.5 Å². The molecular weight excluding hydrogens is 621 g/mol. The first kappa shape index (κ1) is 32.3. The van der Waals surface area contributed by atoms with E-state index in [2.05, 4.69) is 5.10 Å².